The molecule has 2 heterocycles. The van der Waals surface area contributed by atoms with E-state index in [0.717, 1.165) is 18.1 Å². The van der Waals surface area contributed by atoms with Crippen LogP contribution >= 0.6 is 0 Å². The lowest BCUT2D eigenvalue weighted by molar-refractivity contribution is 0.769. The van der Waals surface area contributed by atoms with Gasteiger partial charge < -0.3 is 4.57 Å². The Bertz CT molecular complexity index is 379. The SMILES string of the molecule is Cc1nccc(Cn2cccc2)n1. The molecule has 0 radical (unpaired) electrons. The number of aromatic nitrogens is 3. The lowest BCUT2D eigenvalue weighted by atomic mass is 10.4. The molecule has 0 N–H and O–H groups in total. The van der Waals surface area contributed by atoms with Crippen LogP contribution in [0.25, 0.3) is 0 Å². The minimum atomic E-state index is 0.816. The normalized spacial score (nSPS) is 10.2. The standard InChI is InChI=1S/C10H11N3/c1-9-11-5-4-10(12-9)8-13-6-2-3-7-13/h2-7H,8H2,1H3. The summed E-state index contributed by atoms with van der Waals surface area (Å²) in [6, 6.07) is 5.95. The highest BCUT2D eigenvalue weighted by Gasteiger charge is 1.95. The van der Waals surface area contributed by atoms with E-state index in [9.17, 15) is 0 Å². The summed E-state index contributed by atoms with van der Waals surface area (Å²) in [5, 5.41) is 0. The molecule has 0 atom stereocenters. The second kappa shape index (κ2) is 3.39. The van der Waals surface area contributed by atoms with Crippen molar-refractivity contribution in [1.82, 2.24) is 14.5 Å². The molecule has 0 spiro atoms. The van der Waals surface area contributed by atoms with E-state index in [0.29, 0.717) is 0 Å². The van der Waals surface area contributed by atoms with E-state index >= 15 is 0 Å². The highest BCUT2D eigenvalue weighted by Crippen LogP contribution is 1.99. The molecule has 3 heteroatoms. The number of nitrogens with zero attached hydrogens (tertiary/aromatic N) is 3. The Morgan fingerprint density at radius 3 is 2.77 bits per heavy atom. The van der Waals surface area contributed by atoms with Crippen molar-refractivity contribution in [3.8, 4) is 0 Å². The van der Waals surface area contributed by atoms with Gasteiger partial charge in [0, 0.05) is 18.6 Å². The van der Waals surface area contributed by atoms with E-state index in [4.69, 9.17) is 0 Å². The largest absolute Gasteiger partial charge is 0.348 e. The highest BCUT2D eigenvalue weighted by molar-refractivity contribution is 5.03. The molecule has 2 aromatic rings. The Kier molecular flexibility index (Phi) is 2.08. The quantitative estimate of drug-likeness (QED) is 0.691. The van der Waals surface area contributed by atoms with Crippen molar-refractivity contribution in [2.75, 3.05) is 0 Å². The summed E-state index contributed by atoms with van der Waals surface area (Å²) < 4.78 is 2.09. The zero-order valence-electron chi connectivity index (χ0n) is 7.51. The molecule has 3 nitrogen and oxygen atoms in total. The fourth-order valence-electron chi connectivity index (χ4n) is 1.26. The zero-order valence-corrected chi connectivity index (χ0v) is 7.51. The van der Waals surface area contributed by atoms with Gasteiger partial charge in [0.25, 0.3) is 0 Å². The van der Waals surface area contributed by atoms with E-state index < -0.39 is 0 Å². The van der Waals surface area contributed by atoms with Crippen LogP contribution in [0, 0.1) is 6.92 Å². The van der Waals surface area contributed by atoms with Crippen molar-refractivity contribution in [3.63, 3.8) is 0 Å². The molecule has 0 fully saturated rings. The average molecular weight is 173 g/mol. The molecule has 0 saturated carbocycles. The van der Waals surface area contributed by atoms with Crippen LogP contribution < -0.4 is 0 Å². The van der Waals surface area contributed by atoms with Crippen LogP contribution in [0.4, 0.5) is 0 Å². The van der Waals surface area contributed by atoms with Gasteiger partial charge in [-0.15, -0.1) is 0 Å². The molecule has 66 valence electrons. The van der Waals surface area contributed by atoms with E-state index in [1.54, 1.807) is 6.20 Å². The van der Waals surface area contributed by atoms with Gasteiger partial charge in [-0.25, -0.2) is 9.97 Å². The van der Waals surface area contributed by atoms with Crippen LogP contribution in [0.3, 0.4) is 0 Å². The molecule has 0 aliphatic rings. The molecular formula is C10H11N3. The van der Waals surface area contributed by atoms with Gasteiger partial charge in [0.2, 0.25) is 0 Å². The molecule has 0 aliphatic carbocycles. The first kappa shape index (κ1) is 7.98. The maximum Gasteiger partial charge on any atom is 0.125 e. The van der Waals surface area contributed by atoms with Gasteiger partial charge in [0.05, 0.1) is 12.2 Å². The van der Waals surface area contributed by atoms with Gasteiger partial charge in [-0.1, -0.05) is 0 Å². The van der Waals surface area contributed by atoms with Crippen LogP contribution in [0.5, 0.6) is 0 Å². The maximum atomic E-state index is 4.32. The first-order chi connectivity index (χ1) is 6.34. The van der Waals surface area contributed by atoms with Gasteiger partial charge >= 0.3 is 0 Å². The maximum absolute atomic E-state index is 4.32. The third-order valence-electron chi connectivity index (χ3n) is 1.84. The Morgan fingerprint density at radius 1 is 1.31 bits per heavy atom. The van der Waals surface area contributed by atoms with E-state index in [1.165, 1.54) is 0 Å². The molecule has 0 aromatic carbocycles. The van der Waals surface area contributed by atoms with Gasteiger partial charge in [0.15, 0.2) is 0 Å². The van der Waals surface area contributed by atoms with Crippen molar-refractivity contribution in [3.05, 3.63) is 48.3 Å². The second-order valence-electron chi connectivity index (χ2n) is 2.95. The van der Waals surface area contributed by atoms with Gasteiger partial charge in [-0.2, -0.15) is 0 Å². The summed E-state index contributed by atoms with van der Waals surface area (Å²) in [7, 11) is 0. The molecule has 2 rings (SSSR count). The predicted octanol–water partition coefficient (Wildman–Crippen LogP) is 1.63. The summed E-state index contributed by atoms with van der Waals surface area (Å²) in [5.41, 5.74) is 1.05. The summed E-state index contributed by atoms with van der Waals surface area (Å²) in [6.07, 6.45) is 5.84. The summed E-state index contributed by atoms with van der Waals surface area (Å²) in [6.45, 7) is 2.72. The molecule has 0 unspecified atom stereocenters. The lowest BCUT2D eigenvalue weighted by Gasteiger charge is -2.01. The topological polar surface area (TPSA) is 30.7 Å². The fourth-order valence-corrected chi connectivity index (χ4v) is 1.26. The molecule has 0 amide bonds. The third kappa shape index (κ3) is 1.93. The number of aryl methyl sites for hydroxylation is 1. The van der Waals surface area contributed by atoms with E-state index in [1.807, 2.05) is 37.5 Å². The van der Waals surface area contributed by atoms with Crippen molar-refractivity contribution < 1.29 is 0 Å². The summed E-state index contributed by atoms with van der Waals surface area (Å²) in [5.74, 6) is 0.824. The average Bonchev–Trinajstić information content (AvgIpc) is 2.57. The zero-order chi connectivity index (χ0) is 9.10. The Morgan fingerprint density at radius 2 is 2.08 bits per heavy atom. The summed E-state index contributed by atoms with van der Waals surface area (Å²) in [4.78, 5) is 8.36. The summed E-state index contributed by atoms with van der Waals surface area (Å²) >= 11 is 0. The third-order valence-corrected chi connectivity index (χ3v) is 1.84. The van der Waals surface area contributed by atoms with Crippen LogP contribution in [-0.2, 0) is 6.54 Å². The Hall–Kier alpha value is -1.64. The molecule has 0 bridgehead atoms. The number of rotatable bonds is 2. The van der Waals surface area contributed by atoms with Crippen LogP contribution in [0.2, 0.25) is 0 Å². The molecule has 13 heavy (non-hydrogen) atoms. The monoisotopic (exact) mass is 173 g/mol. The number of hydrogen-bond acceptors (Lipinski definition) is 2. The highest BCUT2D eigenvalue weighted by atomic mass is 15.0. The van der Waals surface area contributed by atoms with Gasteiger partial charge in [0.1, 0.15) is 5.82 Å². The number of hydrogen-bond donors (Lipinski definition) is 0. The van der Waals surface area contributed by atoms with Crippen LogP contribution in [0.1, 0.15) is 11.5 Å². The Balaban J connectivity index is 2.19. The van der Waals surface area contributed by atoms with Gasteiger partial charge in [-0.3, -0.25) is 0 Å². The van der Waals surface area contributed by atoms with E-state index in [-0.39, 0.29) is 0 Å². The first-order valence-corrected chi connectivity index (χ1v) is 4.24. The van der Waals surface area contributed by atoms with Crippen molar-refractivity contribution in [2.45, 2.75) is 13.5 Å². The van der Waals surface area contributed by atoms with Crippen molar-refractivity contribution >= 4 is 0 Å². The lowest BCUT2D eigenvalue weighted by Crippen LogP contribution is -2.00. The second-order valence-corrected chi connectivity index (χ2v) is 2.95. The molecular weight excluding hydrogens is 162 g/mol. The first-order valence-electron chi connectivity index (χ1n) is 4.24. The van der Waals surface area contributed by atoms with Crippen LogP contribution in [-0.4, -0.2) is 14.5 Å². The van der Waals surface area contributed by atoms with Crippen LogP contribution in [0.15, 0.2) is 36.8 Å². The molecule has 2 aromatic heterocycles. The molecule has 0 aliphatic heterocycles. The smallest absolute Gasteiger partial charge is 0.125 e. The van der Waals surface area contributed by atoms with Gasteiger partial charge in [-0.05, 0) is 25.1 Å². The fraction of sp³-hybridized carbons (Fsp3) is 0.200. The minimum absolute atomic E-state index is 0.816. The Labute approximate surface area is 77.1 Å². The predicted molar refractivity (Wildman–Crippen MR) is 50.3 cm³/mol. The minimum Gasteiger partial charge on any atom is -0.348 e. The van der Waals surface area contributed by atoms with Crippen molar-refractivity contribution in [2.24, 2.45) is 0 Å². The molecule has 0 saturated heterocycles. The van der Waals surface area contributed by atoms with E-state index in [2.05, 4.69) is 14.5 Å². The van der Waals surface area contributed by atoms with Crippen molar-refractivity contribution in [1.29, 1.82) is 0 Å².